The largest absolute Gasteiger partial charge is 0.496 e. The van der Waals surface area contributed by atoms with Gasteiger partial charge in [0.15, 0.2) is 0 Å². The zero-order chi connectivity index (χ0) is 21.5. The van der Waals surface area contributed by atoms with Crippen molar-refractivity contribution < 1.29 is 14.3 Å². The quantitative estimate of drug-likeness (QED) is 0.534. The van der Waals surface area contributed by atoms with Crippen LogP contribution in [0.5, 0.6) is 5.75 Å². The molecule has 0 radical (unpaired) electrons. The minimum Gasteiger partial charge on any atom is -0.496 e. The van der Waals surface area contributed by atoms with Gasteiger partial charge in [-0.15, -0.1) is 0 Å². The smallest absolute Gasteiger partial charge is 0.341 e. The molecule has 2 N–H and O–H groups in total. The zero-order valence-corrected chi connectivity index (χ0v) is 17.5. The van der Waals surface area contributed by atoms with Crippen LogP contribution in [0.4, 0.5) is 17.5 Å². The predicted octanol–water partition coefficient (Wildman–Crippen LogP) is 4.29. The first-order valence-electron chi connectivity index (χ1n) is 9.64. The Labute approximate surface area is 175 Å². The number of nitrogens with zero attached hydrogens (tertiary/aromatic N) is 3. The molecule has 2 heterocycles. The summed E-state index contributed by atoms with van der Waals surface area (Å²) in [4.78, 5) is 25.5. The monoisotopic (exact) mass is 407 g/mol. The molecule has 0 aliphatic carbocycles. The Kier molecular flexibility index (Phi) is 6.79. The van der Waals surface area contributed by atoms with E-state index in [2.05, 4.69) is 39.4 Å². The molecule has 0 spiro atoms. The van der Waals surface area contributed by atoms with E-state index in [0.717, 1.165) is 12.1 Å². The molecule has 3 rings (SSSR count). The van der Waals surface area contributed by atoms with E-state index in [9.17, 15) is 4.79 Å². The molecule has 0 amide bonds. The summed E-state index contributed by atoms with van der Waals surface area (Å²) in [5.74, 6) is 1.04. The van der Waals surface area contributed by atoms with Gasteiger partial charge in [0, 0.05) is 30.1 Å². The molecule has 8 heteroatoms. The highest BCUT2D eigenvalue weighted by Crippen LogP contribution is 2.27. The highest BCUT2D eigenvalue weighted by atomic mass is 16.5. The van der Waals surface area contributed by atoms with Crippen LogP contribution in [-0.4, -0.2) is 41.2 Å². The Morgan fingerprint density at radius 2 is 1.93 bits per heavy atom. The van der Waals surface area contributed by atoms with Crippen molar-refractivity contribution in [3.63, 3.8) is 0 Å². The fourth-order valence-corrected chi connectivity index (χ4v) is 2.74. The molecule has 0 saturated heterocycles. The molecular weight excluding hydrogens is 382 g/mol. The van der Waals surface area contributed by atoms with E-state index in [0.29, 0.717) is 34.5 Å². The highest BCUT2D eigenvalue weighted by molar-refractivity contribution is 5.93. The van der Waals surface area contributed by atoms with Gasteiger partial charge in [0.25, 0.3) is 0 Å². The Hall–Kier alpha value is -3.68. The Morgan fingerprint density at radius 3 is 2.60 bits per heavy atom. The third kappa shape index (κ3) is 5.02. The van der Waals surface area contributed by atoms with Gasteiger partial charge in [0.05, 0.1) is 25.6 Å². The summed E-state index contributed by atoms with van der Waals surface area (Å²) < 4.78 is 10.1. The second kappa shape index (κ2) is 9.69. The van der Waals surface area contributed by atoms with Crippen LogP contribution in [0, 0.1) is 0 Å². The molecule has 30 heavy (non-hydrogen) atoms. The third-order valence-corrected chi connectivity index (χ3v) is 4.52. The fourth-order valence-electron chi connectivity index (χ4n) is 2.74. The molecule has 0 bridgehead atoms. The van der Waals surface area contributed by atoms with Crippen molar-refractivity contribution >= 4 is 23.4 Å². The number of anilines is 3. The SMILES string of the molecule is CC[C@H](C)Nc1nc(Nc2ccc(C(=O)OC)c(OC)c2)cc(-c2ccccn2)n1. The average molecular weight is 407 g/mol. The number of ether oxygens (including phenoxy) is 2. The van der Waals surface area contributed by atoms with Crippen LogP contribution < -0.4 is 15.4 Å². The molecule has 1 aromatic carbocycles. The molecule has 0 aliphatic rings. The van der Waals surface area contributed by atoms with Gasteiger partial charge in [-0.3, -0.25) is 4.98 Å². The Balaban J connectivity index is 1.96. The van der Waals surface area contributed by atoms with E-state index in [1.54, 1.807) is 24.4 Å². The number of hydrogen-bond donors (Lipinski definition) is 2. The molecule has 2 aromatic heterocycles. The maximum Gasteiger partial charge on any atom is 0.341 e. The number of carbonyl (C=O) groups excluding carboxylic acids is 1. The van der Waals surface area contributed by atoms with Gasteiger partial charge in [0.2, 0.25) is 5.95 Å². The van der Waals surface area contributed by atoms with Crippen LogP contribution >= 0.6 is 0 Å². The summed E-state index contributed by atoms with van der Waals surface area (Å²) >= 11 is 0. The van der Waals surface area contributed by atoms with E-state index in [-0.39, 0.29) is 6.04 Å². The van der Waals surface area contributed by atoms with Crippen molar-refractivity contribution in [2.75, 3.05) is 24.9 Å². The summed E-state index contributed by atoms with van der Waals surface area (Å²) in [6, 6.07) is 12.8. The van der Waals surface area contributed by atoms with Crippen molar-refractivity contribution in [2.45, 2.75) is 26.3 Å². The summed E-state index contributed by atoms with van der Waals surface area (Å²) in [5, 5.41) is 6.56. The first-order chi connectivity index (χ1) is 14.5. The lowest BCUT2D eigenvalue weighted by atomic mass is 10.1. The number of aromatic nitrogens is 3. The van der Waals surface area contributed by atoms with E-state index >= 15 is 0 Å². The van der Waals surface area contributed by atoms with Gasteiger partial charge in [0.1, 0.15) is 17.1 Å². The first-order valence-corrected chi connectivity index (χ1v) is 9.64. The number of carbonyl (C=O) groups is 1. The molecule has 1 atom stereocenters. The lowest BCUT2D eigenvalue weighted by molar-refractivity contribution is 0.0597. The lowest BCUT2D eigenvalue weighted by Gasteiger charge is -2.15. The van der Waals surface area contributed by atoms with Crippen LogP contribution in [0.2, 0.25) is 0 Å². The third-order valence-electron chi connectivity index (χ3n) is 4.52. The summed E-state index contributed by atoms with van der Waals surface area (Å²) in [5.41, 5.74) is 2.49. The van der Waals surface area contributed by atoms with Gasteiger partial charge < -0.3 is 20.1 Å². The number of esters is 1. The van der Waals surface area contributed by atoms with Crippen molar-refractivity contribution in [1.29, 1.82) is 0 Å². The van der Waals surface area contributed by atoms with Crippen LogP contribution in [0.15, 0.2) is 48.7 Å². The number of nitrogens with one attached hydrogen (secondary N) is 2. The van der Waals surface area contributed by atoms with Crippen molar-refractivity contribution in [1.82, 2.24) is 15.0 Å². The maximum atomic E-state index is 11.9. The average Bonchev–Trinajstić information content (AvgIpc) is 2.78. The second-order valence-electron chi connectivity index (χ2n) is 6.66. The molecule has 0 saturated carbocycles. The van der Waals surface area contributed by atoms with E-state index in [1.807, 2.05) is 24.3 Å². The van der Waals surface area contributed by atoms with E-state index in [4.69, 9.17) is 9.47 Å². The summed E-state index contributed by atoms with van der Waals surface area (Å²) in [7, 11) is 2.84. The zero-order valence-electron chi connectivity index (χ0n) is 17.5. The minimum atomic E-state index is -0.460. The number of pyridine rings is 1. The maximum absolute atomic E-state index is 11.9. The lowest BCUT2D eigenvalue weighted by Crippen LogP contribution is -2.16. The molecule has 156 valence electrons. The van der Waals surface area contributed by atoms with Gasteiger partial charge in [-0.25, -0.2) is 9.78 Å². The predicted molar refractivity (Wildman–Crippen MR) is 116 cm³/mol. The van der Waals surface area contributed by atoms with Crippen LogP contribution in [-0.2, 0) is 4.74 Å². The first kappa shape index (κ1) is 21.0. The fraction of sp³-hybridized carbons (Fsp3) is 0.273. The molecule has 0 aliphatic heterocycles. The van der Waals surface area contributed by atoms with E-state index in [1.165, 1.54) is 14.2 Å². The Bertz CT molecular complexity index is 1010. The van der Waals surface area contributed by atoms with Gasteiger partial charge in [-0.05, 0) is 37.6 Å². The summed E-state index contributed by atoms with van der Waals surface area (Å²) in [6.07, 6.45) is 2.66. The summed E-state index contributed by atoms with van der Waals surface area (Å²) in [6.45, 7) is 4.16. The molecular formula is C22H25N5O3. The van der Waals surface area contributed by atoms with E-state index < -0.39 is 5.97 Å². The molecule has 0 fully saturated rings. The standard InChI is InChI=1S/C22H25N5O3/c1-5-14(2)24-22-26-18(17-8-6-7-11-23-17)13-20(27-22)25-15-9-10-16(21(28)30-4)19(12-15)29-3/h6-14H,5H2,1-4H3,(H2,24,25,26,27)/t14-/m0/s1. The van der Waals surface area contributed by atoms with Crippen LogP contribution in [0.1, 0.15) is 30.6 Å². The normalized spacial score (nSPS) is 11.5. The number of rotatable bonds is 8. The second-order valence-corrected chi connectivity index (χ2v) is 6.66. The number of hydrogen-bond acceptors (Lipinski definition) is 8. The van der Waals surface area contributed by atoms with Gasteiger partial charge in [-0.2, -0.15) is 4.98 Å². The number of methoxy groups -OCH3 is 2. The van der Waals surface area contributed by atoms with Crippen molar-refractivity contribution in [3.8, 4) is 17.1 Å². The van der Waals surface area contributed by atoms with Gasteiger partial charge in [-0.1, -0.05) is 13.0 Å². The topological polar surface area (TPSA) is 98.3 Å². The van der Waals surface area contributed by atoms with Crippen LogP contribution in [0.3, 0.4) is 0 Å². The highest BCUT2D eigenvalue weighted by Gasteiger charge is 2.14. The van der Waals surface area contributed by atoms with Crippen molar-refractivity contribution in [2.24, 2.45) is 0 Å². The minimum absolute atomic E-state index is 0.219. The molecule has 0 unspecified atom stereocenters. The van der Waals surface area contributed by atoms with Crippen molar-refractivity contribution in [3.05, 3.63) is 54.2 Å². The number of benzene rings is 1. The molecule has 3 aromatic rings. The van der Waals surface area contributed by atoms with Crippen LogP contribution in [0.25, 0.3) is 11.4 Å². The molecule has 8 nitrogen and oxygen atoms in total. The Morgan fingerprint density at radius 1 is 1.10 bits per heavy atom. The van der Waals surface area contributed by atoms with Gasteiger partial charge >= 0.3 is 5.97 Å².